The van der Waals surface area contributed by atoms with Gasteiger partial charge < -0.3 is 14.2 Å². The van der Waals surface area contributed by atoms with Gasteiger partial charge in [-0.15, -0.1) is 0 Å². The monoisotopic (exact) mass is 1080 g/mol. The standard InChI is InChI=1S/C73H112O6/c1-4-7-10-13-15-17-19-21-23-25-27-29-31-33-34-35-36-37-38-40-41-43-45-47-49-51-53-55-57-60-63-66-72(75)78-69-70(68-77-71(74)65-62-59-12-9-6-3)79-73(76)67-64-61-58-56-54-52-50-48-46-44-42-39-32-30-28-26-24-22-20-18-16-14-11-8-5-2/h7-8,10-11,15-18,21-24,27-30,33-34,36-37,39-42,45-48,52,54,70H,4-6,9,12-14,19-20,25-26,31-32,35,38,43-44,49-51,53,55-69H2,1-3H3/b10-7-,11-8-,17-15-,18-16-,23-21-,24-22-,29-27-,30-28-,34-33-,37-36-,41-40-,42-39-,47-45-,48-46-,54-52-. The predicted molar refractivity (Wildman–Crippen MR) is 343 cm³/mol. The van der Waals surface area contributed by atoms with Crippen molar-refractivity contribution in [3.63, 3.8) is 0 Å². The van der Waals surface area contributed by atoms with Crippen LogP contribution >= 0.6 is 0 Å². The first-order chi connectivity index (χ1) is 39.0. The summed E-state index contributed by atoms with van der Waals surface area (Å²) < 4.78 is 16.7. The Kier molecular flexibility index (Phi) is 60.5. The van der Waals surface area contributed by atoms with Crippen molar-refractivity contribution in [2.24, 2.45) is 0 Å². The van der Waals surface area contributed by atoms with Gasteiger partial charge in [-0.1, -0.05) is 261 Å². The summed E-state index contributed by atoms with van der Waals surface area (Å²) in [6, 6.07) is 0. The molecule has 0 fully saturated rings. The number of carbonyl (C=O) groups excluding carboxylic acids is 3. The fourth-order valence-corrected chi connectivity index (χ4v) is 7.79. The van der Waals surface area contributed by atoms with Gasteiger partial charge in [0.05, 0.1) is 0 Å². The molecule has 79 heavy (non-hydrogen) atoms. The maximum absolute atomic E-state index is 12.8. The summed E-state index contributed by atoms with van der Waals surface area (Å²) in [5, 5.41) is 0. The summed E-state index contributed by atoms with van der Waals surface area (Å²) in [5.74, 6) is -0.979. The maximum Gasteiger partial charge on any atom is 0.306 e. The fourth-order valence-electron chi connectivity index (χ4n) is 7.79. The molecule has 0 saturated heterocycles. The highest BCUT2D eigenvalue weighted by molar-refractivity contribution is 5.71. The highest BCUT2D eigenvalue weighted by Gasteiger charge is 2.19. The number of ether oxygens (including phenoxy) is 3. The minimum atomic E-state index is -0.809. The van der Waals surface area contributed by atoms with Crippen molar-refractivity contribution in [3.05, 3.63) is 182 Å². The molecule has 0 aromatic rings. The molecule has 0 amide bonds. The van der Waals surface area contributed by atoms with Gasteiger partial charge in [0.2, 0.25) is 0 Å². The van der Waals surface area contributed by atoms with Crippen LogP contribution in [0.25, 0.3) is 0 Å². The molecule has 1 atom stereocenters. The first-order valence-corrected chi connectivity index (χ1v) is 31.3. The van der Waals surface area contributed by atoms with Crippen LogP contribution in [0.15, 0.2) is 182 Å². The normalized spacial score (nSPS) is 13.4. The zero-order chi connectivity index (χ0) is 57.1. The third kappa shape index (κ3) is 63.2. The molecular weight excluding hydrogens is 973 g/mol. The number of esters is 3. The second kappa shape index (κ2) is 65.0. The zero-order valence-corrected chi connectivity index (χ0v) is 50.3. The van der Waals surface area contributed by atoms with Crippen molar-refractivity contribution in [1.29, 1.82) is 0 Å². The molecule has 0 bridgehead atoms. The molecule has 0 radical (unpaired) electrons. The Morgan fingerprint density at radius 1 is 0.266 bits per heavy atom. The van der Waals surface area contributed by atoms with E-state index in [1.165, 1.54) is 12.8 Å². The Bertz CT molecular complexity index is 1870. The Labute approximate surface area is 484 Å². The van der Waals surface area contributed by atoms with Gasteiger partial charge in [0.15, 0.2) is 6.10 Å². The van der Waals surface area contributed by atoms with Crippen molar-refractivity contribution in [1.82, 2.24) is 0 Å². The van der Waals surface area contributed by atoms with E-state index in [4.69, 9.17) is 14.2 Å². The lowest BCUT2D eigenvalue weighted by molar-refractivity contribution is -0.167. The molecule has 0 aromatic carbocycles. The average molecular weight is 1090 g/mol. The van der Waals surface area contributed by atoms with Crippen molar-refractivity contribution in [2.45, 2.75) is 245 Å². The minimum Gasteiger partial charge on any atom is -0.462 e. The lowest BCUT2D eigenvalue weighted by Crippen LogP contribution is -2.30. The van der Waals surface area contributed by atoms with Crippen LogP contribution in [0.4, 0.5) is 0 Å². The van der Waals surface area contributed by atoms with E-state index >= 15 is 0 Å². The predicted octanol–water partition coefficient (Wildman–Crippen LogP) is 21.7. The van der Waals surface area contributed by atoms with Crippen molar-refractivity contribution >= 4 is 17.9 Å². The number of hydrogen-bond acceptors (Lipinski definition) is 6. The molecule has 0 aromatic heterocycles. The average Bonchev–Trinajstić information content (AvgIpc) is 3.45. The molecule has 0 N–H and O–H groups in total. The van der Waals surface area contributed by atoms with Crippen LogP contribution in [0.5, 0.6) is 0 Å². The van der Waals surface area contributed by atoms with Gasteiger partial charge in [0, 0.05) is 19.3 Å². The zero-order valence-electron chi connectivity index (χ0n) is 50.3. The molecule has 6 nitrogen and oxygen atoms in total. The van der Waals surface area contributed by atoms with E-state index in [0.717, 1.165) is 180 Å². The molecule has 0 aliphatic rings. The van der Waals surface area contributed by atoms with E-state index in [0.29, 0.717) is 19.3 Å². The van der Waals surface area contributed by atoms with E-state index in [-0.39, 0.29) is 37.5 Å². The number of rotatable bonds is 54. The lowest BCUT2D eigenvalue weighted by Gasteiger charge is -2.18. The molecule has 0 aliphatic carbocycles. The van der Waals surface area contributed by atoms with Gasteiger partial charge in [-0.3, -0.25) is 14.4 Å². The first-order valence-electron chi connectivity index (χ1n) is 31.3. The number of hydrogen-bond donors (Lipinski definition) is 0. The van der Waals surface area contributed by atoms with Gasteiger partial charge in [0.25, 0.3) is 0 Å². The van der Waals surface area contributed by atoms with Crippen LogP contribution < -0.4 is 0 Å². The second-order valence-corrected chi connectivity index (χ2v) is 19.9. The number of allylic oxidation sites excluding steroid dienone is 30. The first kappa shape index (κ1) is 73.5. The SMILES string of the molecule is CC/C=C\C/C=C\C/C=C\C/C=C\C/C=C\C/C=C\C/C=C\C/C=C\CCCCCCCCC(=O)OCC(COC(=O)CCCCCCC)OC(=O)CCCCC/C=C\C/C=C\C/C=C\C/C=C\C/C=C\C/C=C\C/C=C\CC. The van der Waals surface area contributed by atoms with Gasteiger partial charge in [0.1, 0.15) is 13.2 Å². The third-order valence-electron chi connectivity index (χ3n) is 12.4. The molecule has 440 valence electrons. The summed E-state index contributed by atoms with van der Waals surface area (Å²) in [4.78, 5) is 37.9. The van der Waals surface area contributed by atoms with Crippen molar-refractivity contribution in [3.8, 4) is 0 Å². The Morgan fingerprint density at radius 2 is 0.494 bits per heavy atom. The molecule has 0 heterocycles. The summed E-state index contributed by atoms with van der Waals surface area (Å²) in [5.41, 5.74) is 0. The Hall–Kier alpha value is -5.49. The Morgan fingerprint density at radius 3 is 0.785 bits per heavy atom. The van der Waals surface area contributed by atoms with Crippen LogP contribution in [0, 0.1) is 0 Å². The summed E-state index contributed by atoms with van der Waals surface area (Å²) in [6.07, 6.45) is 97.9. The van der Waals surface area contributed by atoms with Crippen LogP contribution in [-0.2, 0) is 28.6 Å². The number of unbranched alkanes of at least 4 members (excludes halogenated alkanes) is 13. The van der Waals surface area contributed by atoms with E-state index in [2.05, 4.69) is 203 Å². The van der Waals surface area contributed by atoms with E-state index < -0.39 is 6.10 Å². The molecule has 0 saturated carbocycles. The van der Waals surface area contributed by atoms with Gasteiger partial charge in [-0.2, -0.15) is 0 Å². The van der Waals surface area contributed by atoms with Crippen molar-refractivity contribution < 1.29 is 28.6 Å². The molecule has 0 rings (SSSR count). The van der Waals surface area contributed by atoms with Crippen LogP contribution in [0.2, 0.25) is 0 Å². The lowest BCUT2D eigenvalue weighted by atomic mass is 10.1. The summed E-state index contributed by atoms with van der Waals surface area (Å²) in [7, 11) is 0. The van der Waals surface area contributed by atoms with Crippen LogP contribution in [-0.4, -0.2) is 37.2 Å². The molecule has 0 aliphatic heterocycles. The molecule has 6 heteroatoms. The highest BCUT2D eigenvalue weighted by Crippen LogP contribution is 2.13. The van der Waals surface area contributed by atoms with Crippen LogP contribution in [0.1, 0.15) is 239 Å². The fraction of sp³-hybridized carbons (Fsp3) is 0.548. The van der Waals surface area contributed by atoms with E-state index in [1.54, 1.807) is 0 Å². The molecule has 1 unspecified atom stereocenters. The maximum atomic E-state index is 12.8. The Balaban J connectivity index is 4.22. The topological polar surface area (TPSA) is 78.9 Å². The quantitative estimate of drug-likeness (QED) is 0.0261. The van der Waals surface area contributed by atoms with E-state index in [9.17, 15) is 14.4 Å². The van der Waals surface area contributed by atoms with Gasteiger partial charge in [-0.25, -0.2) is 0 Å². The van der Waals surface area contributed by atoms with Gasteiger partial charge >= 0.3 is 17.9 Å². The highest BCUT2D eigenvalue weighted by atomic mass is 16.6. The third-order valence-corrected chi connectivity index (χ3v) is 12.4. The summed E-state index contributed by atoms with van der Waals surface area (Å²) >= 11 is 0. The van der Waals surface area contributed by atoms with Crippen LogP contribution in [0.3, 0.4) is 0 Å². The second-order valence-electron chi connectivity index (χ2n) is 19.9. The minimum absolute atomic E-state index is 0.106. The largest absolute Gasteiger partial charge is 0.462 e. The molecule has 0 spiro atoms. The summed E-state index contributed by atoms with van der Waals surface area (Å²) in [6.45, 7) is 6.26. The van der Waals surface area contributed by atoms with E-state index in [1.807, 2.05) is 0 Å². The van der Waals surface area contributed by atoms with Gasteiger partial charge in [-0.05, 0) is 141 Å². The van der Waals surface area contributed by atoms with Crippen molar-refractivity contribution in [2.75, 3.05) is 13.2 Å². The molecular formula is C73H112O6. The smallest absolute Gasteiger partial charge is 0.306 e. The number of carbonyl (C=O) groups is 3.